The fourth-order valence-electron chi connectivity index (χ4n) is 1.21. The molecule has 1 amide bonds. The maximum Gasteiger partial charge on any atom is 0.303 e. The number of carbonyl (C=O) groups is 2. The zero-order valence-corrected chi connectivity index (χ0v) is 11.2. The number of nitrogens with one attached hydrogen (secondary N) is 1. The molecule has 0 saturated heterocycles. The Morgan fingerprint density at radius 2 is 1.95 bits per heavy atom. The van der Waals surface area contributed by atoms with Crippen molar-refractivity contribution < 1.29 is 23.1 Å². The van der Waals surface area contributed by atoms with Gasteiger partial charge in [0.15, 0.2) is 0 Å². The molecular weight excluding hydrogens is 296 g/mol. The normalized spacial score (nSPS) is 11.1. The summed E-state index contributed by atoms with van der Waals surface area (Å²) in [5.41, 5.74) is 0.0589. The molecule has 0 aliphatic carbocycles. The van der Waals surface area contributed by atoms with Crippen LogP contribution in [0.25, 0.3) is 0 Å². The largest absolute Gasteiger partial charge is 0.481 e. The van der Waals surface area contributed by atoms with E-state index in [2.05, 4.69) is 5.32 Å². The second kappa shape index (κ2) is 6.00. The van der Waals surface area contributed by atoms with Gasteiger partial charge >= 0.3 is 5.97 Å². The molecule has 4 N–H and O–H groups in total. The number of carboxylic acid groups (broad SMARTS) is 1. The second-order valence-electron chi connectivity index (χ2n) is 3.63. The number of primary sulfonamides is 1. The molecule has 0 atom stereocenters. The molecule has 104 valence electrons. The molecule has 0 bridgehead atoms. The van der Waals surface area contributed by atoms with E-state index in [1.807, 2.05) is 0 Å². The summed E-state index contributed by atoms with van der Waals surface area (Å²) < 4.78 is 22.3. The summed E-state index contributed by atoms with van der Waals surface area (Å²) >= 11 is 5.79. The summed E-state index contributed by atoms with van der Waals surface area (Å²) in [6.07, 6.45) is -0.580. The van der Waals surface area contributed by atoms with Crippen LogP contribution >= 0.6 is 11.6 Å². The first-order valence-electron chi connectivity index (χ1n) is 5.04. The first-order chi connectivity index (χ1) is 8.70. The number of halogens is 1. The van der Waals surface area contributed by atoms with Crippen LogP contribution in [0.1, 0.15) is 12.8 Å². The molecule has 0 aliphatic rings. The van der Waals surface area contributed by atoms with Crippen molar-refractivity contribution in [3.05, 3.63) is 23.2 Å². The number of nitrogens with two attached hydrogens (primary N) is 1. The van der Waals surface area contributed by atoms with Crippen LogP contribution in [0.4, 0.5) is 5.69 Å². The van der Waals surface area contributed by atoms with Gasteiger partial charge in [-0.15, -0.1) is 0 Å². The minimum absolute atomic E-state index is 0.0589. The topological polar surface area (TPSA) is 127 Å². The Labute approximate surface area is 114 Å². The van der Waals surface area contributed by atoms with Gasteiger partial charge < -0.3 is 10.4 Å². The van der Waals surface area contributed by atoms with Crippen LogP contribution in [0.5, 0.6) is 0 Å². The van der Waals surface area contributed by atoms with Gasteiger partial charge in [-0.3, -0.25) is 9.59 Å². The number of aliphatic carboxylic acids is 1. The Morgan fingerprint density at radius 1 is 1.32 bits per heavy atom. The number of carboxylic acids is 1. The Bertz CT molecular complexity index is 614. The second-order valence-corrected chi connectivity index (χ2v) is 5.60. The number of benzene rings is 1. The number of anilines is 1. The van der Waals surface area contributed by atoms with Gasteiger partial charge in [-0.1, -0.05) is 11.6 Å². The maximum atomic E-state index is 11.4. The molecule has 0 saturated carbocycles. The monoisotopic (exact) mass is 306 g/mol. The van der Waals surface area contributed by atoms with Crippen molar-refractivity contribution in [1.29, 1.82) is 0 Å². The van der Waals surface area contributed by atoms with Gasteiger partial charge in [0.1, 0.15) is 0 Å². The van der Waals surface area contributed by atoms with Crippen molar-refractivity contribution in [2.75, 3.05) is 5.32 Å². The van der Waals surface area contributed by atoms with Gasteiger partial charge in [0.05, 0.1) is 22.0 Å². The summed E-state index contributed by atoms with van der Waals surface area (Å²) in [6.45, 7) is 0. The zero-order valence-electron chi connectivity index (χ0n) is 9.59. The molecule has 19 heavy (non-hydrogen) atoms. The van der Waals surface area contributed by atoms with Gasteiger partial charge in [0.25, 0.3) is 0 Å². The van der Waals surface area contributed by atoms with Crippen molar-refractivity contribution in [3.63, 3.8) is 0 Å². The predicted molar refractivity (Wildman–Crippen MR) is 68.3 cm³/mol. The highest BCUT2D eigenvalue weighted by atomic mass is 35.5. The summed E-state index contributed by atoms with van der Waals surface area (Å²) in [7, 11) is -3.91. The molecule has 0 fully saturated rings. The third-order valence-electron chi connectivity index (χ3n) is 2.11. The predicted octanol–water partition coefficient (Wildman–Crippen LogP) is 0.791. The van der Waals surface area contributed by atoms with E-state index in [9.17, 15) is 18.0 Å². The number of carbonyl (C=O) groups excluding carboxylic acids is 1. The molecule has 0 spiro atoms. The van der Waals surface area contributed by atoms with Crippen LogP contribution in [0.15, 0.2) is 23.1 Å². The van der Waals surface area contributed by atoms with E-state index in [4.69, 9.17) is 21.8 Å². The van der Waals surface area contributed by atoms with Crippen LogP contribution in [-0.2, 0) is 19.6 Å². The summed E-state index contributed by atoms with van der Waals surface area (Å²) in [4.78, 5) is 21.5. The SMILES string of the molecule is NS(=O)(=O)c1ccc(Cl)c(NC(=O)CCC(=O)O)c1. The highest BCUT2D eigenvalue weighted by Gasteiger charge is 2.13. The van der Waals surface area contributed by atoms with Gasteiger partial charge in [0.2, 0.25) is 15.9 Å². The number of amides is 1. The molecule has 1 rings (SSSR count). The quantitative estimate of drug-likeness (QED) is 0.741. The van der Waals surface area contributed by atoms with Crippen molar-refractivity contribution in [2.24, 2.45) is 5.14 Å². The highest BCUT2D eigenvalue weighted by Crippen LogP contribution is 2.24. The van der Waals surface area contributed by atoms with Crippen molar-refractivity contribution >= 4 is 39.2 Å². The van der Waals surface area contributed by atoms with Gasteiger partial charge in [-0.05, 0) is 18.2 Å². The van der Waals surface area contributed by atoms with Gasteiger partial charge in [0, 0.05) is 6.42 Å². The Morgan fingerprint density at radius 3 is 2.47 bits per heavy atom. The molecule has 1 aromatic carbocycles. The average molecular weight is 307 g/mol. The maximum absolute atomic E-state index is 11.4. The van der Waals surface area contributed by atoms with Crippen LogP contribution in [0.2, 0.25) is 5.02 Å². The first-order valence-corrected chi connectivity index (χ1v) is 6.96. The summed E-state index contributed by atoms with van der Waals surface area (Å²) in [5, 5.41) is 15.8. The molecule has 0 aliphatic heterocycles. The Hall–Kier alpha value is -1.64. The molecule has 0 unspecified atom stereocenters. The van der Waals surface area contributed by atoms with Crippen molar-refractivity contribution in [3.8, 4) is 0 Å². The molecule has 0 radical (unpaired) electrons. The number of rotatable bonds is 5. The fraction of sp³-hybridized carbons (Fsp3) is 0.200. The van der Waals surface area contributed by atoms with Crippen LogP contribution in [0, 0.1) is 0 Å². The summed E-state index contributed by atoms with van der Waals surface area (Å²) in [5.74, 6) is -1.70. The lowest BCUT2D eigenvalue weighted by Gasteiger charge is -2.08. The van der Waals surface area contributed by atoms with E-state index in [0.717, 1.165) is 6.07 Å². The van der Waals surface area contributed by atoms with E-state index >= 15 is 0 Å². The number of hydrogen-bond donors (Lipinski definition) is 3. The lowest BCUT2D eigenvalue weighted by Crippen LogP contribution is -2.15. The minimum atomic E-state index is -3.91. The molecule has 9 heteroatoms. The third kappa shape index (κ3) is 4.86. The van der Waals surface area contributed by atoms with Crippen LogP contribution in [0.3, 0.4) is 0 Å². The molecule has 1 aromatic rings. The Balaban J connectivity index is 2.89. The highest BCUT2D eigenvalue weighted by molar-refractivity contribution is 7.89. The molecule has 0 heterocycles. The lowest BCUT2D eigenvalue weighted by molar-refractivity contribution is -0.138. The van der Waals surface area contributed by atoms with Crippen molar-refractivity contribution in [1.82, 2.24) is 0 Å². The Kier molecular flexibility index (Phi) is 4.87. The van der Waals surface area contributed by atoms with E-state index in [0.29, 0.717) is 0 Å². The van der Waals surface area contributed by atoms with E-state index in [1.165, 1.54) is 12.1 Å². The van der Waals surface area contributed by atoms with E-state index in [-0.39, 0.29) is 28.4 Å². The minimum Gasteiger partial charge on any atom is -0.481 e. The van der Waals surface area contributed by atoms with Crippen LogP contribution < -0.4 is 10.5 Å². The van der Waals surface area contributed by atoms with Gasteiger partial charge in [-0.25, -0.2) is 13.6 Å². The molecular formula is C10H11ClN2O5S. The molecule has 0 aromatic heterocycles. The first kappa shape index (κ1) is 15.4. The van der Waals surface area contributed by atoms with Crippen molar-refractivity contribution in [2.45, 2.75) is 17.7 Å². The summed E-state index contributed by atoms with van der Waals surface area (Å²) in [6, 6.07) is 3.58. The number of sulfonamides is 1. The van der Waals surface area contributed by atoms with E-state index < -0.39 is 21.9 Å². The molecule has 7 nitrogen and oxygen atoms in total. The smallest absolute Gasteiger partial charge is 0.303 e. The third-order valence-corrected chi connectivity index (χ3v) is 3.35. The fourth-order valence-corrected chi connectivity index (χ4v) is 1.91. The van der Waals surface area contributed by atoms with E-state index in [1.54, 1.807) is 0 Å². The average Bonchev–Trinajstić information content (AvgIpc) is 2.28. The lowest BCUT2D eigenvalue weighted by atomic mass is 10.2. The number of hydrogen-bond acceptors (Lipinski definition) is 4. The standard InChI is InChI=1S/C10H11ClN2O5S/c11-7-2-1-6(19(12,17)18)5-8(7)13-9(14)3-4-10(15)16/h1-2,5H,3-4H2,(H,13,14)(H,15,16)(H2,12,17,18). The zero-order chi connectivity index (χ0) is 14.6. The van der Waals surface area contributed by atoms with Gasteiger partial charge in [-0.2, -0.15) is 0 Å². The van der Waals surface area contributed by atoms with Crippen LogP contribution in [-0.4, -0.2) is 25.4 Å².